The molecule has 0 aromatic heterocycles. The summed E-state index contributed by atoms with van der Waals surface area (Å²) in [6.45, 7) is 6.69. The molecule has 0 unspecified atom stereocenters. The van der Waals surface area contributed by atoms with Crippen LogP contribution in [0.2, 0.25) is 0 Å². The van der Waals surface area contributed by atoms with Gasteiger partial charge in [0, 0.05) is 19.3 Å². The Balaban J connectivity index is 2.68. The number of hydrogen-bond acceptors (Lipinski definition) is 2. The second-order valence-corrected chi connectivity index (χ2v) is 5.37. The number of urea groups is 1. The van der Waals surface area contributed by atoms with E-state index in [1.165, 1.54) is 6.07 Å². The van der Waals surface area contributed by atoms with Gasteiger partial charge in [-0.25, -0.2) is 9.59 Å². The van der Waals surface area contributed by atoms with Gasteiger partial charge in [-0.05, 0) is 43.0 Å². The predicted molar refractivity (Wildman–Crippen MR) is 79.2 cm³/mol. The molecule has 0 radical (unpaired) electrons. The van der Waals surface area contributed by atoms with Crippen LogP contribution in [-0.2, 0) is 0 Å². The van der Waals surface area contributed by atoms with Crippen molar-refractivity contribution in [2.24, 2.45) is 5.92 Å². The highest BCUT2D eigenvalue weighted by Crippen LogP contribution is 2.17. The van der Waals surface area contributed by atoms with Crippen LogP contribution < -0.4 is 5.32 Å². The van der Waals surface area contributed by atoms with Crippen LogP contribution in [0.15, 0.2) is 18.2 Å². The fourth-order valence-corrected chi connectivity index (χ4v) is 1.70. The Bertz CT molecular complexity index is 498. The lowest BCUT2D eigenvalue weighted by atomic mass is 10.1. The van der Waals surface area contributed by atoms with Crippen molar-refractivity contribution in [3.63, 3.8) is 0 Å². The molecule has 0 atom stereocenters. The molecule has 1 aromatic carbocycles. The van der Waals surface area contributed by atoms with Crippen molar-refractivity contribution < 1.29 is 14.7 Å². The van der Waals surface area contributed by atoms with Crippen molar-refractivity contribution in [3.8, 4) is 0 Å². The highest BCUT2D eigenvalue weighted by molar-refractivity contribution is 5.92. The molecule has 0 heterocycles. The zero-order valence-electron chi connectivity index (χ0n) is 12.4. The Morgan fingerprint density at radius 1 is 1.35 bits per heavy atom. The smallest absolute Gasteiger partial charge is 0.335 e. The average molecular weight is 278 g/mol. The molecule has 5 nitrogen and oxygen atoms in total. The number of nitrogens with one attached hydrogen (secondary N) is 1. The van der Waals surface area contributed by atoms with Crippen LogP contribution in [0.3, 0.4) is 0 Å². The first-order chi connectivity index (χ1) is 9.31. The average Bonchev–Trinajstić information content (AvgIpc) is 2.37. The molecular weight excluding hydrogens is 256 g/mol. The van der Waals surface area contributed by atoms with Gasteiger partial charge in [-0.3, -0.25) is 0 Å². The van der Waals surface area contributed by atoms with Crippen molar-refractivity contribution in [1.29, 1.82) is 0 Å². The van der Waals surface area contributed by atoms with Gasteiger partial charge in [0.05, 0.1) is 5.56 Å². The molecule has 0 fully saturated rings. The molecule has 0 aliphatic rings. The quantitative estimate of drug-likeness (QED) is 0.869. The van der Waals surface area contributed by atoms with Gasteiger partial charge in [0.15, 0.2) is 0 Å². The lowest BCUT2D eigenvalue weighted by molar-refractivity contribution is 0.0697. The predicted octanol–water partition coefficient (Wildman–Crippen LogP) is 3.20. The van der Waals surface area contributed by atoms with Gasteiger partial charge in [0.25, 0.3) is 0 Å². The summed E-state index contributed by atoms with van der Waals surface area (Å²) in [6.07, 6.45) is 0.945. The summed E-state index contributed by atoms with van der Waals surface area (Å²) >= 11 is 0. The summed E-state index contributed by atoms with van der Waals surface area (Å²) in [7, 11) is 1.75. The number of rotatable bonds is 5. The summed E-state index contributed by atoms with van der Waals surface area (Å²) in [5, 5.41) is 11.7. The van der Waals surface area contributed by atoms with Crippen molar-refractivity contribution >= 4 is 17.7 Å². The molecule has 0 saturated heterocycles. The van der Waals surface area contributed by atoms with Crippen LogP contribution in [0.25, 0.3) is 0 Å². The molecule has 0 spiro atoms. The summed E-state index contributed by atoms with van der Waals surface area (Å²) in [5.41, 5.74) is 1.58. The number of carbonyl (C=O) groups is 2. The number of hydrogen-bond donors (Lipinski definition) is 2. The standard InChI is InChI=1S/C15H22N2O3/c1-10(2)7-8-17(4)15(20)16-13-6-5-12(14(18)19)9-11(13)3/h5-6,9-10H,7-8H2,1-4H3,(H,16,20)(H,18,19). The van der Waals surface area contributed by atoms with Crippen molar-refractivity contribution in [1.82, 2.24) is 4.90 Å². The van der Waals surface area contributed by atoms with Gasteiger partial charge in [-0.1, -0.05) is 13.8 Å². The van der Waals surface area contributed by atoms with Crippen LogP contribution in [0, 0.1) is 12.8 Å². The van der Waals surface area contributed by atoms with E-state index in [1.807, 2.05) is 0 Å². The fourth-order valence-electron chi connectivity index (χ4n) is 1.70. The number of aryl methyl sites for hydroxylation is 1. The van der Waals surface area contributed by atoms with Gasteiger partial charge >= 0.3 is 12.0 Å². The summed E-state index contributed by atoms with van der Waals surface area (Å²) in [6, 6.07) is 4.47. The van der Waals surface area contributed by atoms with Gasteiger partial charge in [-0.2, -0.15) is 0 Å². The Morgan fingerprint density at radius 3 is 2.50 bits per heavy atom. The molecule has 2 N–H and O–H groups in total. The topological polar surface area (TPSA) is 69.6 Å². The molecule has 1 aromatic rings. The van der Waals surface area contributed by atoms with Gasteiger partial charge in [-0.15, -0.1) is 0 Å². The minimum Gasteiger partial charge on any atom is -0.478 e. The van der Waals surface area contributed by atoms with Gasteiger partial charge in [0.1, 0.15) is 0 Å². The number of carboxylic acid groups (broad SMARTS) is 1. The van der Waals surface area contributed by atoms with Gasteiger partial charge in [0.2, 0.25) is 0 Å². The second kappa shape index (κ2) is 6.93. The maximum absolute atomic E-state index is 12.0. The molecule has 110 valence electrons. The van der Waals surface area contributed by atoms with E-state index in [0.29, 0.717) is 18.2 Å². The monoisotopic (exact) mass is 278 g/mol. The molecule has 0 aliphatic carbocycles. The lowest BCUT2D eigenvalue weighted by Gasteiger charge is -2.19. The molecule has 5 heteroatoms. The second-order valence-electron chi connectivity index (χ2n) is 5.37. The van der Waals surface area contributed by atoms with Crippen LogP contribution in [-0.4, -0.2) is 35.6 Å². The molecule has 0 aliphatic heterocycles. The first kappa shape index (κ1) is 16.0. The molecule has 1 rings (SSSR count). The maximum atomic E-state index is 12.0. The zero-order chi connectivity index (χ0) is 15.3. The van der Waals surface area contributed by atoms with E-state index in [1.54, 1.807) is 31.0 Å². The lowest BCUT2D eigenvalue weighted by Crippen LogP contribution is -2.32. The van der Waals surface area contributed by atoms with E-state index in [9.17, 15) is 9.59 Å². The Labute approximate surface area is 119 Å². The zero-order valence-corrected chi connectivity index (χ0v) is 12.4. The SMILES string of the molecule is Cc1cc(C(=O)O)ccc1NC(=O)N(C)CCC(C)C. The van der Waals surface area contributed by atoms with E-state index in [2.05, 4.69) is 19.2 Å². The highest BCUT2D eigenvalue weighted by atomic mass is 16.4. The molecular formula is C15H22N2O3. The van der Waals surface area contributed by atoms with E-state index < -0.39 is 5.97 Å². The van der Waals surface area contributed by atoms with Crippen molar-refractivity contribution in [3.05, 3.63) is 29.3 Å². The Hall–Kier alpha value is -2.04. The first-order valence-electron chi connectivity index (χ1n) is 6.67. The molecule has 20 heavy (non-hydrogen) atoms. The third-order valence-electron chi connectivity index (χ3n) is 3.10. The van der Waals surface area contributed by atoms with E-state index in [0.717, 1.165) is 12.0 Å². The minimum absolute atomic E-state index is 0.183. The summed E-state index contributed by atoms with van der Waals surface area (Å²) in [4.78, 5) is 24.5. The summed E-state index contributed by atoms with van der Waals surface area (Å²) in [5.74, 6) is -0.429. The normalized spacial score (nSPS) is 10.4. The minimum atomic E-state index is -0.972. The van der Waals surface area contributed by atoms with Gasteiger partial charge < -0.3 is 15.3 Å². The van der Waals surface area contributed by atoms with E-state index >= 15 is 0 Å². The van der Waals surface area contributed by atoms with E-state index in [-0.39, 0.29) is 11.6 Å². The number of carboxylic acids is 1. The first-order valence-corrected chi connectivity index (χ1v) is 6.67. The molecule has 0 saturated carbocycles. The molecule has 2 amide bonds. The highest BCUT2D eigenvalue weighted by Gasteiger charge is 2.12. The van der Waals surface area contributed by atoms with Crippen LogP contribution in [0.5, 0.6) is 0 Å². The van der Waals surface area contributed by atoms with Crippen molar-refractivity contribution in [2.75, 3.05) is 18.9 Å². The third-order valence-corrected chi connectivity index (χ3v) is 3.10. The van der Waals surface area contributed by atoms with Crippen LogP contribution >= 0.6 is 0 Å². The third kappa shape index (κ3) is 4.57. The Morgan fingerprint density at radius 2 is 2.00 bits per heavy atom. The molecule has 0 bridgehead atoms. The number of benzene rings is 1. The number of carbonyl (C=O) groups excluding carboxylic acids is 1. The number of nitrogens with zero attached hydrogens (tertiary/aromatic N) is 1. The van der Waals surface area contributed by atoms with Crippen LogP contribution in [0.1, 0.15) is 36.2 Å². The number of anilines is 1. The number of aromatic carboxylic acids is 1. The van der Waals surface area contributed by atoms with Crippen LogP contribution in [0.4, 0.5) is 10.5 Å². The van der Waals surface area contributed by atoms with E-state index in [4.69, 9.17) is 5.11 Å². The Kier molecular flexibility index (Phi) is 5.55. The fraction of sp³-hybridized carbons (Fsp3) is 0.467. The largest absolute Gasteiger partial charge is 0.478 e. The summed E-state index contributed by atoms with van der Waals surface area (Å²) < 4.78 is 0. The van der Waals surface area contributed by atoms with Crippen molar-refractivity contribution in [2.45, 2.75) is 27.2 Å². The number of amides is 2. The maximum Gasteiger partial charge on any atom is 0.335 e.